The molecule has 0 aliphatic rings. The molecule has 88 valence electrons. The van der Waals surface area contributed by atoms with Crippen LogP contribution in [0.3, 0.4) is 0 Å². The average molecular weight is 250 g/mol. The fourth-order valence-corrected chi connectivity index (χ4v) is 1.78. The highest BCUT2D eigenvalue weighted by molar-refractivity contribution is 6.17. The van der Waals surface area contributed by atoms with Crippen LogP contribution in [0.15, 0.2) is 30.3 Å². The third kappa shape index (κ3) is 2.68. The Kier molecular flexibility index (Phi) is 3.49. The second-order valence-corrected chi connectivity index (χ2v) is 4.09. The van der Waals surface area contributed by atoms with E-state index in [1.54, 1.807) is 6.07 Å². The lowest BCUT2D eigenvalue weighted by atomic mass is 10.1. The monoisotopic (exact) mass is 249 g/mol. The van der Waals surface area contributed by atoms with Crippen molar-refractivity contribution in [1.29, 1.82) is 0 Å². The highest BCUT2D eigenvalue weighted by Gasteiger charge is 2.06. The Hall–Kier alpha value is -1.74. The molecular formula is C13H12ClNO2. The summed E-state index contributed by atoms with van der Waals surface area (Å²) in [5, 5.41) is 9.77. The number of carbonyl (C=O) groups is 1. The number of aromatic carboxylic acids is 1. The normalized spacial score (nSPS) is 11.4. The van der Waals surface area contributed by atoms with Gasteiger partial charge in [-0.15, -0.1) is 11.6 Å². The lowest BCUT2D eigenvalue weighted by molar-refractivity contribution is 0.0691. The fourth-order valence-electron chi connectivity index (χ4n) is 1.65. The molecule has 0 spiro atoms. The van der Waals surface area contributed by atoms with Gasteiger partial charge in [0.1, 0.15) is 5.69 Å². The number of halogens is 1. The van der Waals surface area contributed by atoms with Crippen LogP contribution in [-0.2, 0) is 0 Å². The molecule has 2 N–H and O–H groups in total. The second kappa shape index (κ2) is 5.06. The minimum atomic E-state index is -0.944. The number of carboxylic acid groups (broad SMARTS) is 1. The molecule has 1 aromatic carbocycles. The predicted molar refractivity (Wildman–Crippen MR) is 69.6 cm³/mol. The molecule has 1 aromatic heterocycles. The van der Waals surface area contributed by atoms with Gasteiger partial charge in [0.25, 0.3) is 0 Å². The maximum atomic E-state index is 10.8. The van der Waals surface area contributed by atoms with Crippen molar-refractivity contribution >= 4 is 34.5 Å². The molecule has 0 aliphatic carbocycles. The molecule has 4 heteroatoms. The van der Waals surface area contributed by atoms with Gasteiger partial charge < -0.3 is 10.1 Å². The topological polar surface area (TPSA) is 53.1 Å². The minimum absolute atomic E-state index is 0.210. The number of rotatable bonds is 4. The zero-order valence-electron chi connectivity index (χ0n) is 9.11. The number of benzene rings is 1. The third-order valence-electron chi connectivity index (χ3n) is 2.46. The van der Waals surface area contributed by atoms with E-state index in [1.165, 1.54) is 0 Å². The van der Waals surface area contributed by atoms with E-state index in [9.17, 15) is 4.79 Å². The van der Waals surface area contributed by atoms with E-state index in [-0.39, 0.29) is 5.69 Å². The predicted octanol–water partition coefficient (Wildman–Crippen LogP) is 3.51. The van der Waals surface area contributed by atoms with Gasteiger partial charge in [-0.05, 0) is 30.2 Å². The molecule has 0 fully saturated rings. The van der Waals surface area contributed by atoms with Crippen molar-refractivity contribution in [3.05, 3.63) is 41.6 Å². The maximum absolute atomic E-state index is 10.8. The van der Waals surface area contributed by atoms with E-state index in [0.717, 1.165) is 22.9 Å². The van der Waals surface area contributed by atoms with Gasteiger partial charge in [-0.1, -0.05) is 18.2 Å². The molecule has 3 nitrogen and oxygen atoms in total. The molecule has 0 unspecified atom stereocenters. The van der Waals surface area contributed by atoms with Crippen LogP contribution in [0.4, 0.5) is 0 Å². The van der Waals surface area contributed by atoms with E-state index in [0.29, 0.717) is 5.88 Å². The Bertz CT molecular complexity index is 572. The minimum Gasteiger partial charge on any atom is -0.477 e. The summed E-state index contributed by atoms with van der Waals surface area (Å²) in [6, 6.07) is 7.40. The lowest BCUT2D eigenvalue weighted by Crippen LogP contribution is -1.94. The van der Waals surface area contributed by atoms with E-state index < -0.39 is 5.97 Å². The molecule has 0 saturated carbocycles. The first-order valence-electron chi connectivity index (χ1n) is 5.29. The molecule has 0 atom stereocenters. The number of allylic oxidation sites excluding steroid dienone is 1. The average Bonchev–Trinajstić information content (AvgIpc) is 2.72. The van der Waals surface area contributed by atoms with Crippen molar-refractivity contribution in [2.24, 2.45) is 0 Å². The molecule has 0 amide bonds. The van der Waals surface area contributed by atoms with Crippen molar-refractivity contribution in [2.45, 2.75) is 6.42 Å². The molecule has 0 bridgehead atoms. The molecule has 1 heterocycles. The first kappa shape index (κ1) is 11.7. The van der Waals surface area contributed by atoms with Crippen LogP contribution in [0.25, 0.3) is 17.0 Å². The van der Waals surface area contributed by atoms with Crippen LogP contribution in [-0.4, -0.2) is 21.9 Å². The number of aromatic nitrogens is 1. The van der Waals surface area contributed by atoms with E-state index in [1.807, 2.05) is 30.4 Å². The Labute approximate surface area is 104 Å². The summed E-state index contributed by atoms with van der Waals surface area (Å²) in [6.07, 6.45) is 4.81. The molecule has 0 radical (unpaired) electrons. The van der Waals surface area contributed by atoms with Crippen LogP contribution in [0.1, 0.15) is 22.5 Å². The van der Waals surface area contributed by atoms with Crippen molar-refractivity contribution < 1.29 is 9.90 Å². The molecular weight excluding hydrogens is 238 g/mol. The SMILES string of the molecule is O=C(O)c1cc2cc(C=CCCCl)ccc2[nH]1. The van der Waals surface area contributed by atoms with Crippen LogP contribution < -0.4 is 0 Å². The van der Waals surface area contributed by atoms with Gasteiger partial charge in [0.2, 0.25) is 0 Å². The molecule has 17 heavy (non-hydrogen) atoms. The quantitative estimate of drug-likeness (QED) is 0.815. The van der Waals surface area contributed by atoms with Crippen LogP contribution in [0, 0.1) is 0 Å². The van der Waals surface area contributed by atoms with Gasteiger partial charge in [-0.3, -0.25) is 0 Å². The smallest absolute Gasteiger partial charge is 0.352 e. The number of alkyl halides is 1. The number of aromatic amines is 1. The summed E-state index contributed by atoms with van der Waals surface area (Å²) in [5.41, 5.74) is 2.08. The van der Waals surface area contributed by atoms with Crippen molar-refractivity contribution in [1.82, 2.24) is 4.98 Å². The number of hydrogen-bond acceptors (Lipinski definition) is 1. The zero-order valence-corrected chi connectivity index (χ0v) is 9.87. The van der Waals surface area contributed by atoms with Crippen LogP contribution in [0.2, 0.25) is 0 Å². The fraction of sp³-hybridized carbons (Fsp3) is 0.154. The standard InChI is InChI=1S/C13H12ClNO2/c14-6-2-1-3-9-4-5-11-10(7-9)8-12(15-11)13(16)17/h1,3-5,7-8,15H,2,6H2,(H,16,17). The zero-order chi connectivity index (χ0) is 12.3. The van der Waals surface area contributed by atoms with Crippen LogP contribution in [0.5, 0.6) is 0 Å². The first-order valence-corrected chi connectivity index (χ1v) is 5.83. The molecule has 2 aromatic rings. The second-order valence-electron chi connectivity index (χ2n) is 3.71. The number of H-pyrrole nitrogens is 1. The summed E-state index contributed by atoms with van der Waals surface area (Å²) in [4.78, 5) is 13.7. The summed E-state index contributed by atoms with van der Waals surface area (Å²) in [6.45, 7) is 0. The highest BCUT2D eigenvalue weighted by atomic mass is 35.5. The van der Waals surface area contributed by atoms with Crippen molar-refractivity contribution in [3.8, 4) is 0 Å². The van der Waals surface area contributed by atoms with Gasteiger partial charge >= 0.3 is 5.97 Å². The van der Waals surface area contributed by atoms with E-state index in [4.69, 9.17) is 16.7 Å². The maximum Gasteiger partial charge on any atom is 0.352 e. The summed E-state index contributed by atoms with van der Waals surface area (Å²) < 4.78 is 0. The summed E-state index contributed by atoms with van der Waals surface area (Å²) in [7, 11) is 0. The number of hydrogen-bond donors (Lipinski definition) is 2. The number of fused-ring (bicyclic) bond motifs is 1. The Morgan fingerprint density at radius 1 is 1.41 bits per heavy atom. The van der Waals surface area contributed by atoms with E-state index >= 15 is 0 Å². The Morgan fingerprint density at radius 3 is 2.94 bits per heavy atom. The van der Waals surface area contributed by atoms with Crippen molar-refractivity contribution in [3.63, 3.8) is 0 Å². The molecule has 2 rings (SSSR count). The van der Waals surface area contributed by atoms with Gasteiger partial charge in [-0.25, -0.2) is 4.79 Å². The summed E-state index contributed by atoms with van der Waals surface area (Å²) >= 11 is 5.58. The Balaban J connectivity index is 2.33. The van der Waals surface area contributed by atoms with E-state index in [2.05, 4.69) is 4.98 Å². The van der Waals surface area contributed by atoms with Gasteiger partial charge in [0.15, 0.2) is 0 Å². The third-order valence-corrected chi connectivity index (χ3v) is 2.68. The van der Waals surface area contributed by atoms with Gasteiger partial charge in [0, 0.05) is 16.8 Å². The molecule has 0 aliphatic heterocycles. The first-order chi connectivity index (χ1) is 8.20. The number of carboxylic acids is 1. The van der Waals surface area contributed by atoms with Gasteiger partial charge in [-0.2, -0.15) is 0 Å². The molecule has 0 saturated heterocycles. The highest BCUT2D eigenvalue weighted by Crippen LogP contribution is 2.18. The lowest BCUT2D eigenvalue weighted by Gasteiger charge is -1.93. The van der Waals surface area contributed by atoms with Crippen LogP contribution >= 0.6 is 11.6 Å². The largest absolute Gasteiger partial charge is 0.477 e. The van der Waals surface area contributed by atoms with Crippen molar-refractivity contribution in [2.75, 3.05) is 5.88 Å². The Morgan fingerprint density at radius 2 is 2.24 bits per heavy atom. The summed E-state index contributed by atoms with van der Waals surface area (Å²) in [5.74, 6) is -0.341. The number of nitrogens with one attached hydrogen (secondary N) is 1. The van der Waals surface area contributed by atoms with Gasteiger partial charge in [0.05, 0.1) is 0 Å².